The van der Waals surface area contributed by atoms with Gasteiger partial charge in [-0.25, -0.2) is 9.97 Å². The summed E-state index contributed by atoms with van der Waals surface area (Å²) in [6, 6.07) is 57.3. The van der Waals surface area contributed by atoms with E-state index in [4.69, 9.17) is 9.97 Å². The number of hydrogen-bond acceptors (Lipinski definition) is 2. The molecule has 0 aliphatic heterocycles. The van der Waals surface area contributed by atoms with E-state index in [0.29, 0.717) is 0 Å². The third-order valence-electron chi connectivity index (χ3n) is 11.7. The fourth-order valence-electron chi connectivity index (χ4n) is 8.98. The third-order valence-corrected chi connectivity index (χ3v) is 11.7. The Hall–Kier alpha value is -6.12. The van der Waals surface area contributed by atoms with Crippen LogP contribution in [0.3, 0.4) is 0 Å². The van der Waals surface area contributed by atoms with Crippen LogP contribution in [0.5, 0.6) is 0 Å². The van der Waals surface area contributed by atoms with E-state index in [9.17, 15) is 0 Å². The number of benzene rings is 7. The second kappa shape index (κ2) is 11.2. The topological polar surface area (TPSA) is 25.8 Å². The summed E-state index contributed by atoms with van der Waals surface area (Å²) in [5.74, 6) is 0.727. The summed E-state index contributed by atoms with van der Waals surface area (Å²) >= 11 is 0. The van der Waals surface area contributed by atoms with Gasteiger partial charge in [-0.05, 0) is 90.7 Å². The van der Waals surface area contributed by atoms with E-state index in [1.165, 1.54) is 66.4 Å². The molecule has 2 aliphatic carbocycles. The fourth-order valence-corrected chi connectivity index (χ4v) is 8.98. The van der Waals surface area contributed by atoms with Crippen molar-refractivity contribution in [2.75, 3.05) is 0 Å². The van der Waals surface area contributed by atoms with Crippen LogP contribution in [0.4, 0.5) is 0 Å². The first-order valence-electron chi connectivity index (χ1n) is 18.3. The van der Waals surface area contributed by atoms with Crippen molar-refractivity contribution in [1.29, 1.82) is 0 Å². The minimum atomic E-state index is -0.0996. The molecule has 0 spiro atoms. The minimum absolute atomic E-state index is 0.0934. The summed E-state index contributed by atoms with van der Waals surface area (Å²) in [7, 11) is 0. The van der Waals surface area contributed by atoms with Crippen LogP contribution in [-0.4, -0.2) is 9.97 Å². The second-order valence-corrected chi connectivity index (χ2v) is 15.4. The average molecular weight is 667 g/mol. The van der Waals surface area contributed by atoms with Gasteiger partial charge in [0.05, 0.1) is 11.4 Å². The zero-order valence-corrected chi connectivity index (χ0v) is 29.9. The largest absolute Gasteiger partial charge is 0.228 e. The highest BCUT2D eigenvalue weighted by Crippen LogP contribution is 2.54. The lowest BCUT2D eigenvalue weighted by atomic mass is 9.81. The van der Waals surface area contributed by atoms with Crippen LogP contribution in [-0.2, 0) is 10.8 Å². The zero-order chi connectivity index (χ0) is 35.2. The highest BCUT2D eigenvalue weighted by atomic mass is 14.9. The Morgan fingerprint density at radius 3 is 1.67 bits per heavy atom. The molecule has 2 aliphatic rings. The second-order valence-electron chi connectivity index (χ2n) is 15.4. The van der Waals surface area contributed by atoms with Crippen LogP contribution >= 0.6 is 0 Å². The van der Waals surface area contributed by atoms with E-state index in [1.54, 1.807) is 0 Å². The molecule has 0 bridgehead atoms. The Morgan fingerprint density at radius 1 is 0.346 bits per heavy atom. The van der Waals surface area contributed by atoms with Gasteiger partial charge < -0.3 is 0 Å². The Labute approximate surface area is 305 Å². The SMILES string of the molecule is CC1(C)c2cc3ccccc3cc2-c2c(-c3cccc(-c4cc(-c5cccc6c5-c5ccccc5C6(C)C)nc(-c5ccccc5)n4)c3)cccc21. The number of hydrogen-bond donors (Lipinski definition) is 0. The molecule has 2 heteroatoms. The van der Waals surface area contributed by atoms with Gasteiger partial charge in [0.25, 0.3) is 0 Å². The van der Waals surface area contributed by atoms with E-state index in [0.717, 1.165) is 33.9 Å². The lowest BCUT2D eigenvalue weighted by Gasteiger charge is -2.22. The predicted molar refractivity (Wildman–Crippen MR) is 216 cm³/mol. The molecule has 0 unspecified atom stereocenters. The summed E-state index contributed by atoms with van der Waals surface area (Å²) in [4.78, 5) is 10.5. The van der Waals surface area contributed by atoms with Crippen LogP contribution in [0.1, 0.15) is 49.9 Å². The quantitative estimate of drug-likeness (QED) is 0.187. The van der Waals surface area contributed by atoms with Gasteiger partial charge in [0.2, 0.25) is 0 Å². The van der Waals surface area contributed by atoms with Gasteiger partial charge in [-0.15, -0.1) is 0 Å². The molecule has 0 saturated heterocycles. The van der Waals surface area contributed by atoms with Gasteiger partial charge in [-0.3, -0.25) is 0 Å². The number of rotatable bonds is 4. The summed E-state index contributed by atoms with van der Waals surface area (Å²) in [5, 5.41) is 2.56. The first-order valence-corrected chi connectivity index (χ1v) is 18.3. The Kier molecular flexibility index (Phi) is 6.60. The van der Waals surface area contributed by atoms with Crippen LogP contribution in [0.15, 0.2) is 158 Å². The van der Waals surface area contributed by atoms with Gasteiger partial charge in [0, 0.05) is 27.5 Å². The van der Waals surface area contributed by atoms with Gasteiger partial charge in [-0.2, -0.15) is 0 Å². The Bertz CT molecular complexity index is 2730. The zero-order valence-electron chi connectivity index (χ0n) is 29.9. The number of aromatic nitrogens is 2. The van der Waals surface area contributed by atoms with Gasteiger partial charge >= 0.3 is 0 Å². The third kappa shape index (κ3) is 4.50. The summed E-state index contributed by atoms with van der Waals surface area (Å²) < 4.78 is 0. The molecular weight excluding hydrogens is 629 g/mol. The molecule has 0 N–H and O–H groups in total. The molecule has 2 nitrogen and oxygen atoms in total. The monoisotopic (exact) mass is 666 g/mol. The van der Waals surface area contributed by atoms with Crippen molar-refractivity contribution in [1.82, 2.24) is 9.97 Å². The summed E-state index contributed by atoms with van der Waals surface area (Å²) in [6.07, 6.45) is 0. The molecule has 1 aromatic heterocycles. The number of fused-ring (bicyclic) bond motifs is 7. The van der Waals surface area contributed by atoms with E-state index in [-0.39, 0.29) is 10.8 Å². The van der Waals surface area contributed by atoms with Crippen LogP contribution in [0.2, 0.25) is 0 Å². The van der Waals surface area contributed by atoms with Crippen molar-refractivity contribution in [3.63, 3.8) is 0 Å². The predicted octanol–water partition coefficient (Wildman–Crippen LogP) is 12.9. The molecule has 0 fully saturated rings. The molecule has 0 amide bonds. The molecule has 0 saturated carbocycles. The maximum Gasteiger partial charge on any atom is 0.160 e. The molecule has 248 valence electrons. The minimum Gasteiger partial charge on any atom is -0.228 e. The normalized spacial score (nSPS) is 14.5. The first kappa shape index (κ1) is 30.7. The van der Waals surface area contributed by atoms with Gasteiger partial charge in [0.1, 0.15) is 0 Å². The van der Waals surface area contributed by atoms with Crippen molar-refractivity contribution >= 4 is 10.8 Å². The maximum absolute atomic E-state index is 5.28. The smallest absolute Gasteiger partial charge is 0.160 e. The molecule has 52 heavy (non-hydrogen) atoms. The standard InChI is InChI=1S/C50H38N2/c1-49(2)40-24-11-10-21-37(40)47-38(23-14-26-42(47)49)45-30-44(51-48(52-45)31-15-6-5-7-16-31)35-20-12-19-34(27-35)36-22-13-25-41-46(36)39-28-32-17-8-9-18-33(32)29-43(39)50(41,3)4/h5-30H,1-4H3. The molecule has 0 atom stereocenters. The first-order chi connectivity index (χ1) is 25.3. The van der Waals surface area contributed by atoms with E-state index < -0.39 is 0 Å². The Morgan fingerprint density at radius 2 is 0.885 bits per heavy atom. The lowest BCUT2D eigenvalue weighted by molar-refractivity contribution is 0.660. The van der Waals surface area contributed by atoms with Crippen LogP contribution in [0.25, 0.3) is 78.1 Å². The van der Waals surface area contributed by atoms with Crippen molar-refractivity contribution in [3.05, 3.63) is 180 Å². The molecule has 10 rings (SSSR count). The van der Waals surface area contributed by atoms with Crippen LogP contribution < -0.4 is 0 Å². The van der Waals surface area contributed by atoms with E-state index in [1.807, 2.05) is 6.07 Å². The fraction of sp³-hybridized carbons (Fsp3) is 0.120. The maximum atomic E-state index is 5.28. The molecule has 0 radical (unpaired) electrons. The van der Waals surface area contributed by atoms with Gasteiger partial charge in [0.15, 0.2) is 5.82 Å². The van der Waals surface area contributed by atoms with Crippen molar-refractivity contribution in [3.8, 4) is 67.3 Å². The molecular formula is C50H38N2. The summed E-state index contributed by atoms with van der Waals surface area (Å²) in [5.41, 5.74) is 18.0. The van der Waals surface area contributed by atoms with E-state index >= 15 is 0 Å². The highest BCUT2D eigenvalue weighted by molar-refractivity contribution is 5.99. The van der Waals surface area contributed by atoms with Crippen molar-refractivity contribution < 1.29 is 0 Å². The van der Waals surface area contributed by atoms with Crippen LogP contribution in [0, 0.1) is 0 Å². The Balaban J connectivity index is 1.16. The number of nitrogens with zero attached hydrogens (tertiary/aromatic N) is 2. The summed E-state index contributed by atoms with van der Waals surface area (Å²) in [6.45, 7) is 9.38. The van der Waals surface area contributed by atoms with Gasteiger partial charge in [-0.1, -0.05) is 161 Å². The molecule has 1 heterocycles. The van der Waals surface area contributed by atoms with Crippen molar-refractivity contribution in [2.45, 2.75) is 38.5 Å². The molecule has 8 aromatic rings. The highest BCUT2D eigenvalue weighted by Gasteiger charge is 2.38. The van der Waals surface area contributed by atoms with E-state index in [2.05, 4.69) is 179 Å². The lowest BCUT2D eigenvalue weighted by Crippen LogP contribution is -2.14. The van der Waals surface area contributed by atoms with Crippen molar-refractivity contribution in [2.24, 2.45) is 0 Å². The average Bonchev–Trinajstić information content (AvgIpc) is 3.56. The molecule has 7 aromatic carbocycles.